The van der Waals surface area contributed by atoms with Gasteiger partial charge < -0.3 is 9.47 Å². The second-order valence-electron chi connectivity index (χ2n) is 4.63. The maximum atomic E-state index is 11.7. The third-order valence-corrected chi connectivity index (χ3v) is 2.98. The van der Waals surface area contributed by atoms with Crippen LogP contribution in [0.15, 0.2) is 48.5 Å². The number of aldehydes is 1. The van der Waals surface area contributed by atoms with E-state index in [2.05, 4.69) is 0 Å². The van der Waals surface area contributed by atoms with E-state index in [0.717, 1.165) is 0 Å². The molecule has 0 saturated carbocycles. The van der Waals surface area contributed by atoms with Gasteiger partial charge in [-0.3, -0.25) is 4.79 Å². The van der Waals surface area contributed by atoms with Crippen LogP contribution in [0.2, 0.25) is 0 Å². The molecule has 114 valence electrons. The average molecular weight is 308 g/mol. The van der Waals surface area contributed by atoms with Crippen LogP contribution >= 0.6 is 0 Å². The lowest BCUT2D eigenvalue weighted by Crippen LogP contribution is -2.14. The van der Waals surface area contributed by atoms with Gasteiger partial charge in [0.1, 0.15) is 27.3 Å². The van der Waals surface area contributed by atoms with Crippen molar-refractivity contribution >= 4 is 31.5 Å². The smallest absolute Gasteiger partial charge is 0.338 e. The van der Waals surface area contributed by atoms with Crippen LogP contribution in [-0.4, -0.2) is 39.3 Å². The molecule has 0 saturated heterocycles. The van der Waals surface area contributed by atoms with E-state index < -0.39 is 11.9 Å². The minimum Gasteiger partial charge on any atom is -0.458 e. The van der Waals surface area contributed by atoms with Gasteiger partial charge in [-0.1, -0.05) is 29.7 Å². The summed E-state index contributed by atoms with van der Waals surface area (Å²) in [6, 6.07) is 12.3. The summed E-state index contributed by atoms with van der Waals surface area (Å²) < 4.78 is 9.97. The van der Waals surface area contributed by atoms with Gasteiger partial charge in [-0.25, -0.2) is 9.59 Å². The summed E-state index contributed by atoms with van der Waals surface area (Å²) in [6.07, 6.45) is 0.686. The van der Waals surface area contributed by atoms with E-state index in [1.807, 2.05) is 0 Å². The highest BCUT2D eigenvalue weighted by Gasteiger charge is 2.09. The van der Waals surface area contributed by atoms with Crippen LogP contribution in [0.1, 0.15) is 31.1 Å². The molecule has 0 aliphatic heterocycles. The highest BCUT2D eigenvalue weighted by Crippen LogP contribution is 2.05. The maximum absolute atomic E-state index is 11.7. The van der Waals surface area contributed by atoms with Crippen molar-refractivity contribution in [1.82, 2.24) is 0 Å². The Morgan fingerprint density at radius 3 is 1.70 bits per heavy atom. The lowest BCUT2D eigenvalue weighted by molar-refractivity contribution is 0.0265. The SMILES string of the molecule is [B]c1ccc(C(=O)OCCOC(=O)c2ccc(C=O)cc2)cc1. The van der Waals surface area contributed by atoms with Crippen molar-refractivity contribution in [3.63, 3.8) is 0 Å². The largest absolute Gasteiger partial charge is 0.458 e. The van der Waals surface area contributed by atoms with Crippen molar-refractivity contribution < 1.29 is 23.9 Å². The molecule has 0 aliphatic rings. The Hall–Kier alpha value is -2.89. The van der Waals surface area contributed by atoms with Crippen molar-refractivity contribution in [2.45, 2.75) is 0 Å². The van der Waals surface area contributed by atoms with Crippen LogP contribution < -0.4 is 5.46 Å². The van der Waals surface area contributed by atoms with E-state index in [-0.39, 0.29) is 13.2 Å². The van der Waals surface area contributed by atoms with Crippen molar-refractivity contribution in [1.29, 1.82) is 0 Å². The topological polar surface area (TPSA) is 69.7 Å². The number of carbonyl (C=O) groups excluding carboxylic acids is 3. The number of ether oxygens (including phenoxy) is 2. The van der Waals surface area contributed by atoms with Crippen LogP contribution in [0, 0.1) is 0 Å². The van der Waals surface area contributed by atoms with Crippen molar-refractivity contribution in [2.24, 2.45) is 0 Å². The number of hydrogen-bond acceptors (Lipinski definition) is 5. The Bertz CT molecular complexity index is 692. The van der Waals surface area contributed by atoms with Crippen molar-refractivity contribution in [2.75, 3.05) is 13.2 Å². The summed E-state index contributed by atoms with van der Waals surface area (Å²) in [5.74, 6) is -1.07. The first kappa shape index (κ1) is 16.5. The summed E-state index contributed by atoms with van der Waals surface area (Å²) >= 11 is 0. The van der Waals surface area contributed by atoms with E-state index in [0.29, 0.717) is 28.4 Å². The fourth-order valence-corrected chi connectivity index (χ4v) is 1.75. The first-order chi connectivity index (χ1) is 11.1. The zero-order valence-electron chi connectivity index (χ0n) is 12.2. The van der Waals surface area contributed by atoms with Gasteiger partial charge in [-0.15, -0.1) is 0 Å². The lowest BCUT2D eigenvalue weighted by atomic mass is 9.95. The predicted molar refractivity (Wildman–Crippen MR) is 84.2 cm³/mol. The van der Waals surface area contributed by atoms with Crippen LogP contribution in [0.5, 0.6) is 0 Å². The average Bonchev–Trinajstić information content (AvgIpc) is 2.59. The maximum Gasteiger partial charge on any atom is 0.338 e. The van der Waals surface area contributed by atoms with E-state index in [1.54, 1.807) is 24.3 Å². The molecule has 0 aromatic heterocycles. The number of carbonyl (C=O) groups is 3. The minimum atomic E-state index is -0.550. The molecular weight excluding hydrogens is 295 g/mol. The van der Waals surface area contributed by atoms with Crippen LogP contribution in [-0.2, 0) is 9.47 Å². The molecule has 0 unspecified atom stereocenters. The Morgan fingerprint density at radius 1 is 0.826 bits per heavy atom. The second-order valence-corrected chi connectivity index (χ2v) is 4.63. The summed E-state index contributed by atoms with van der Waals surface area (Å²) in [5, 5.41) is 0. The van der Waals surface area contributed by atoms with Crippen LogP contribution in [0.25, 0.3) is 0 Å². The van der Waals surface area contributed by atoms with Gasteiger partial charge in [0.15, 0.2) is 0 Å². The molecule has 5 nitrogen and oxygen atoms in total. The Balaban J connectivity index is 1.75. The van der Waals surface area contributed by atoms with E-state index in [4.69, 9.17) is 17.3 Å². The zero-order valence-corrected chi connectivity index (χ0v) is 12.2. The number of hydrogen-bond donors (Lipinski definition) is 0. The highest BCUT2D eigenvalue weighted by molar-refractivity contribution is 6.32. The first-order valence-electron chi connectivity index (χ1n) is 6.85. The fourth-order valence-electron chi connectivity index (χ4n) is 1.75. The first-order valence-corrected chi connectivity index (χ1v) is 6.85. The van der Waals surface area contributed by atoms with Crippen molar-refractivity contribution in [3.05, 3.63) is 65.2 Å². The quantitative estimate of drug-likeness (QED) is 0.348. The zero-order chi connectivity index (χ0) is 16.7. The normalized spacial score (nSPS) is 9.91. The molecule has 2 rings (SSSR count). The summed E-state index contributed by atoms with van der Waals surface area (Å²) in [6.45, 7) is -0.115. The standard InChI is InChI=1S/C17H13BO5/c18-15-7-5-14(6-8-15)17(21)23-10-9-22-16(20)13-3-1-12(11-19)2-4-13/h1-8,11H,9-10H2. The van der Waals surface area contributed by atoms with E-state index in [9.17, 15) is 14.4 Å². The molecule has 2 aromatic rings. The molecule has 0 fully saturated rings. The molecule has 0 amide bonds. The Morgan fingerprint density at radius 2 is 1.26 bits per heavy atom. The molecule has 2 radical (unpaired) electrons. The minimum absolute atomic E-state index is 0.0542. The molecular formula is C17H13BO5. The van der Waals surface area contributed by atoms with Crippen LogP contribution in [0.4, 0.5) is 0 Å². The third-order valence-electron chi connectivity index (χ3n) is 2.98. The summed E-state index contributed by atoms with van der Waals surface area (Å²) in [4.78, 5) is 34.0. The Labute approximate surface area is 134 Å². The predicted octanol–water partition coefficient (Wildman–Crippen LogP) is 1.31. The molecule has 0 bridgehead atoms. The second kappa shape index (κ2) is 7.94. The molecule has 0 heterocycles. The highest BCUT2D eigenvalue weighted by atomic mass is 16.6. The molecule has 6 heteroatoms. The molecule has 0 aliphatic carbocycles. The molecule has 2 aromatic carbocycles. The number of benzene rings is 2. The number of esters is 2. The van der Waals surface area contributed by atoms with Gasteiger partial charge >= 0.3 is 11.9 Å². The number of rotatable bonds is 6. The molecule has 23 heavy (non-hydrogen) atoms. The summed E-state index contributed by atoms with van der Waals surface area (Å²) in [7, 11) is 5.53. The molecule has 0 N–H and O–H groups in total. The van der Waals surface area contributed by atoms with Gasteiger partial charge in [0, 0.05) is 5.56 Å². The van der Waals surface area contributed by atoms with Crippen molar-refractivity contribution in [3.8, 4) is 0 Å². The van der Waals surface area contributed by atoms with Gasteiger partial charge in [0.2, 0.25) is 0 Å². The lowest BCUT2D eigenvalue weighted by Gasteiger charge is -2.07. The van der Waals surface area contributed by atoms with E-state index >= 15 is 0 Å². The fraction of sp³-hybridized carbons (Fsp3) is 0.118. The molecule has 0 atom stereocenters. The van der Waals surface area contributed by atoms with E-state index in [1.165, 1.54) is 24.3 Å². The van der Waals surface area contributed by atoms with Crippen LogP contribution in [0.3, 0.4) is 0 Å². The monoisotopic (exact) mass is 308 g/mol. The van der Waals surface area contributed by atoms with Gasteiger partial charge in [0.05, 0.1) is 11.1 Å². The van der Waals surface area contributed by atoms with Gasteiger partial charge in [-0.2, -0.15) is 0 Å². The molecule has 0 spiro atoms. The van der Waals surface area contributed by atoms with Gasteiger partial charge in [-0.05, 0) is 24.3 Å². The summed E-state index contributed by atoms with van der Waals surface area (Å²) in [5.41, 5.74) is 1.71. The Kier molecular flexibility index (Phi) is 5.69. The van der Waals surface area contributed by atoms with Gasteiger partial charge in [0.25, 0.3) is 0 Å². The third kappa shape index (κ3) is 4.81.